The van der Waals surface area contributed by atoms with E-state index < -0.39 is 20.0 Å². The number of nitrogens with zero attached hydrogens (tertiary/aromatic N) is 2. The summed E-state index contributed by atoms with van der Waals surface area (Å²) in [7, 11) is 1.40. The Labute approximate surface area is 115 Å². The number of amides is 1. The van der Waals surface area contributed by atoms with E-state index in [0.717, 1.165) is 6.34 Å². The lowest BCUT2D eigenvalue weighted by molar-refractivity contribution is 0.203. The second-order valence-electron chi connectivity index (χ2n) is 2.75. The van der Waals surface area contributed by atoms with Crippen molar-refractivity contribution in [3.63, 3.8) is 0 Å². The van der Waals surface area contributed by atoms with Gasteiger partial charge in [-0.1, -0.05) is 6.07 Å². The molecule has 1 amide bonds. The summed E-state index contributed by atoms with van der Waals surface area (Å²) in [5.41, 5.74) is 0.236. The number of rotatable bonds is 3. The van der Waals surface area contributed by atoms with Crippen molar-refractivity contribution in [3.05, 3.63) is 24.3 Å². The lowest BCUT2D eigenvalue weighted by Crippen LogP contribution is -2.21. The third-order valence-corrected chi connectivity index (χ3v) is 1.55. The van der Waals surface area contributed by atoms with Crippen LogP contribution >= 0.6 is 12.4 Å². The van der Waals surface area contributed by atoms with Crippen molar-refractivity contribution >= 4 is 30.5 Å². The molecule has 0 unspecified atom stereocenters. The van der Waals surface area contributed by atoms with Crippen LogP contribution in [0.15, 0.2) is 29.3 Å². The Morgan fingerprint density at radius 3 is 3.00 bits per heavy atom. The quantitative estimate of drug-likeness (QED) is 0.671. The molecule has 0 radical (unpaired) electrons. The van der Waals surface area contributed by atoms with Gasteiger partial charge in [0.15, 0.2) is 0 Å². The van der Waals surface area contributed by atoms with Gasteiger partial charge in [0.2, 0.25) is 0 Å². The Bertz CT molecular complexity index is 547. The molecule has 0 spiro atoms. The molecule has 6 heteroatoms. The fourth-order valence-electron chi connectivity index (χ4n) is 0.910. The van der Waals surface area contributed by atoms with E-state index in [-0.39, 0.29) is 28.7 Å². The SMILES string of the molecule is Cl.[2H]C([2H])([2H])N(C=Nc1cccc(OC(=O)NC)c1)C([2H])([2H])[2H]. The molecule has 0 aromatic heterocycles. The molecule has 0 saturated carbocycles. The zero-order valence-corrected chi connectivity index (χ0v) is 9.82. The van der Waals surface area contributed by atoms with Crippen LogP contribution in [0.5, 0.6) is 5.75 Å². The fourth-order valence-corrected chi connectivity index (χ4v) is 0.910. The molecule has 0 heterocycles. The molecule has 0 fully saturated rings. The maximum atomic E-state index is 11.1. The lowest BCUT2D eigenvalue weighted by atomic mass is 10.3. The minimum absolute atomic E-state index is 0. The monoisotopic (exact) mass is 263 g/mol. The predicted molar refractivity (Wildman–Crippen MR) is 70.6 cm³/mol. The normalized spacial score (nSPS) is 16.3. The number of nitrogens with one attached hydrogen (secondary N) is 1. The second-order valence-corrected chi connectivity index (χ2v) is 2.75. The van der Waals surface area contributed by atoms with Crippen molar-refractivity contribution in [2.45, 2.75) is 0 Å². The number of hydrogen-bond acceptors (Lipinski definition) is 3. The zero-order chi connectivity index (χ0) is 17.0. The minimum Gasteiger partial charge on any atom is -0.410 e. The predicted octanol–water partition coefficient (Wildman–Crippen LogP) is 2.05. The Hall–Kier alpha value is -1.75. The van der Waals surface area contributed by atoms with Gasteiger partial charge in [0.25, 0.3) is 0 Å². The first-order chi connectivity index (χ1) is 10.0. The molecule has 1 N–H and O–H groups in total. The molecule has 1 aromatic carbocycles. The Morgan fingerprint density at radius 1 is 1.59 bits per heavy atom. The summed E-state index contributed by atoms with van der Waals surface area (Å²) in [6, 6.07) is 5.90. The van der Waals surface area contributed by atoms with Crippen molar-refractivity contribution in [3.8, 4) is 5.75 Å². The summed E-state index contributed by atoms with van der Waals surface area (Å²) in [6.45, 7) is -5.71. The highest BCUT2D eigenvalue weighted by atomic mass is 35.5. The highest BCUT2D eigenvalue weighted by Gasteiger charge is 2.01. The standard InChI is InChI=1S/C11H15N3O2.ClH/c1-12-11(15)16-10-6-4-5-9(7-10)13-8-14(2)3;/h4-8H,1-3H3,(H,12,15);1H/i2D3,3D3;. The van der Waals surface area contributed by atoms with Gasteiger partial charge in [-0.05, 0) is 12.1 Å². The second kappa shape index (κ2) is 7.51. The smallest absolute Gasteiger partial charge is 0.410 e. The molecule has 0 bridgehead atoms. The molecule has 0 saturated heterocycles. The van der Waals surface area contributed by atoms with Crippen LogP contribution in [0.4, 0.5) is 10.5 Å². The van der Waals surface area contributed by atoms with E-state index >= 15 is 0 Å². The van der Waals surface area contributed by atoms with Crippen molar-refractivity contribution in [2.24, 2.45) is 4.99 Å². The molecule has 0 aliphatic heterocycles. The van der Waals surface area contributed by atoms with Crippen LogP contribution in [0.25, 0.3) is 0 Å². The van der Waals surface area contributed by atoms with Crippen molar-refractivity contribution < 1.29 is 17.8 Å². The van der Waals surface area contributed by atoms with Gasteiger partial charge in [-0.3, -0.25) is 0 Å². The molecule has 94 valence electrons. The van der Waals surface area contributed by atoms with Gasteiger partial charge < -0.3 is 15.0 Å². The van der Waals surface area contributed by atoms with E-state index in [1.54, 1.807) is 0 Å². The summed E-state index contributed by atoms with van der Waals surface area (Å²) < 4.78 is 48.1. The average Bonchev–Trinajstić information content (AvgIpc) is 2.36. The fraction of sp³-hybridized carbons (Fsp3) is 0.273. The highest BCUT2D eigenvalue weighted by molar-refractivity contribution is 5.85. The first kappa shape index (κ1) is 7.55. The largest absolute Gasteiger partial charge is 0.412 e. The first-order valence-corrected chi connectivity index (χ1v) is 4.37. The summed E-state index contributed by atoms with van der Waals surface area (Å²) in [5, 5.41) is 2.27. The number of hydrogen-bond donors (Lipinski definition) is 1. The molecule has 0 aliphatic rings. The molecular weight excluding hydrogens is 242 g/mol. The number of benzene rings is 1. The molecule has 0 atom stereocenters. The van der Waals surface area contributed by atoms with Crippen molar-refractivity contribution in [1.82, 2.24) is 10.2 Å². The van der Waals surface area contributed by atoms with Crippen molar-refractivity contribution in [1.29, 1.82) is 0 Å². The summed E-state index contributed by atoms with van der Waals surface area (Å²) in [5.74, 6) is 0.184. The van der Waals surface area contributed by atoms with Gasteiger partial charge in [0.05, 0.1) is 12.0 Å². The van der Waals surface area contributed by atoms with E-state index in [1.807, 2.05) is 0 Å². The maximum absolute atomic E-state index is 11.1. The van der Waals surface area contributed by atoms with Crippen LogP contribution in [0.2, 0.25) is 0 Å². The number of aliphatic imine (C=N–C) groups is 1. The number of carbonyl (C=O) groups is 1. The van der Waals surface area contributed by atoms with Gasteiger partial charge >= 0.3 is 6.09 Å². The molecule has 1 rings (SSSR count). The lowest BCUT2D eigenvalue weighted by Gasteiger charge is -2.05. The van der Waals surface area contributed by atoms with Crippen LogP contribution in [0.1, 0.15) is 8.22 Å². The van der Waals surface area contributed by atoms with Crippen LogP contribution in [-0.4, -0.2) is 38.3 Å². The average molecular weight is 264 g/mol. The van der Waals surface area contributed by atoms with Gasteiger partial charge in [-0.15, -0.1) is 12.4 Å². The Kier molecular flexibility index (Phi) is 3.34. The van der Waals surface area contributed by atoms with E-state index in [1.165, 1.54) is 31.3 Å². The van der Waals surface area contributed by atoms with Crippen LogP contribution in [0.3, 0.4) is 0 Å². The maximum Gasteiger partial charge on any atom is 0.412 e. The van der Waals surface area contributed by atoms with E-state index in [4.69, 9.17) is 13.0 Å². The summed E-state index contributed by atoms with van der Waals surface area (Å²) in [4.78, 5) is 15.1. The van der Waals surface area contributed by atoms with Gasteiger partial charge in [-0.2, -0.15) is 0 Å². The molecule has 0 aliphatic carbocycles. The number of carbonyl (C=O) groups excluding carboxylic acids is 1. The zero-order valence-electron chi connectivity index (χ0n) is 15.0. The van der Waals surface area contributed by atoms with Crippen LogP contribution in [-0.2, 0) is 0 Å². The van der Waals surface area contributed by atoms with Gasteiger partial charge in [0, 0.05) is 35.3 Å². The number of ether oxygens (including phenoxy) is 1. The van der Waals surface area contributed by atoms with Crippen LogP contribution < -0.4 is 10.1 Å². The number of halogens is 1. The topological polar surface area (TPSA) is 53.9 Å². The summed E-state index contributed by atoms with van der Waals surface area (Å²) in [6.07, 6.45) is 0.0478. The van der Waals surface area contributed by atoms with Crippen molar-refractivity contribution in [2.75, 3.05) is 21.0 Å². The van der Waals surface area contributed by atoms with E-state index in [0.29, 0.717) is 0 Å². The van der Waals surface area contributed by atoms with E-state index in [2.05, 4.69) is 10.3 Å². The van der Waals surface area contributed by atoms with Gasteiger partial charge in [0.1, 0.15) is 5.75 Å². The highest BCUT2D eigenvalue weighted by Crippen LogP contribution is 2.19. The Balaban J connectivity index is 0.00000484. The summed E-state index contributed by atoms with van der Waals surface area (Å²) >= 11 is 0. The van der Waals surface area contributed by atoms with E-state index in [9.17, 15) is 4.79 Å². The molecule has 17 heavy (non-hydrogen) atoms. The van der Waals surface area contributed by atoms with Crippen LogP contribution in [0, 0.1) is 0 Å². The third-order valence-electron chi connectivity index (χ3n) is 1.55. The minimum atomic E-state index is -2.86. The molecular formula is C11H16ClN3O2. The molecule has 1 aromatic rings. The molecule has 5 nitrogen and oxygen atoms in total. The Morgan fingerprint density at radius 2 is 2.35 bits per heavy atom. The third kappa shape index (κ3) is 5.77. The van der Waals surface area contributed by atoms with Gasteiger partial charge in [-0.25, -0.2) is 9.79 Å². The first-order valence-electron chi connectivity index (χ1n) is 7.37.